The van der Waals surface area contributed by atoms with Crippen molar-refractivity contribution in [2.75, 3.05) is 78.5 Å². The first-order valence-corrected chi connectivity index (χ1v) is 23.4. The van der Waals surface area contributed by atoms with Crippen LogP contribution in [0.25, 0.3) is 0 Å². The van der Waals surface area contributed by atoms with Crippen LogP contribution in [-0.4, -0.2) is 114 Å². The van der Waals surface area contributed by atoms with Gasteiger partial charge in [-0.15, -0.1) is 0 Å². The summed E-state index contributed by atoms with van der Waals surface area (Å²) in [6.45, 7) is 11.4. The zero-order chi connectivity index (χ0) is 26.3. The van der Waals surface area contributed by atoms with Crippen molar-refractivity contribution in [1.82, 2.24) is 28.0 Å². The number of hydrogen-bond acceptors (Lipinski definition) is 8. The molecule has 8 nitrogen and oxygen atoms in total. The van der Waals surface area contributed by atoms with Crippen LogP contribution in [0.1, 0.15) is 77.0 Å². The molecule has 0 spiro atoms. The van der Waals surface area contributed by atoms with E-state index < -0.39 is 19.4 Å². The van der Waals surface area contributed by atoms with Crippen molar-refractivity contribution in [3.8, 4) is 0 Å². The molecule has 0 aromatic heterocycles. The summed E-state index contributed by atoms with van der Waals surface area (Å²) in [6.07, 6.45) is 13.7. The molecule has 0 saturated carbocycles. The van der Waals surface area contributed by atoms with Gasteiger partial charge in [0.2, 0.25) is 0 Å². The third-order valence-electron chi connectivity index (χ3n) is 9.88. The maximum atomic E-state index is 17.2. The van der Waals surface area contributed by atoms with Gasteiger partial charge in [-0.3, -0.25) is 0 Å². The van der Waals surface area contributed by atoms with Crippen LogP contribution in [0.5, 0.6) is 0 Å². The summed E-state index contributed by atoms with van der Waals surface area (Å²) in [4.78, 5) is 0. The Hall–Kier alpha value is 1.49. The topological polar surface area (TPSA) is 37.9 Å². The van der Waals surface area contributed by atoms with E-state index in [1.54, 1.807) is 0 Å². The van der Waals surface area contributed by atoms with Gasteiger partial charge in [-0.05, 0) is 0 Å². The van der Waals surface area contributed by atoms with Crippen LogP contribution in [0.3, 0.4) is 0 Å². The molecule has 14 heteroatoms. The van der Waals surface area contributed by atoms with Gasteiger partial charge in [0, 0.05) is 0 Å². The molecule has 0 aromatic rings. The summed E-state index contributed by atoms with van der Waals surface area (Å²) >= 11 is 8.75. The van der Waals surface area contributed by atoms with E-state index in [9.17, 15) is 0 Å². The summed E-state index contributed by atoms with van der Waals surface area (Å²) < 4.78 is 46.3. The molecular formula is C24H48BBr2FN6O2P2. The fourth-order valence-electron chi connectivity index (χ4n) is 8.00. The monoisotopic (exact) mass is 702 g/mol. The van der Waals surface area contributed by atoms with Gasteiger partial charge in [0.15, 0.2) is 0 Å². The first kappa shape index (κ1) is 29.6. The van der Waals surface area contributed by atoms with Gasteiger partial charge in [-0.2, -0.15) is 0 Å². The molecule has 6 aliphatic rings. The Kier molecular flexibility index (Phi) is 8.97. The fourth-order valence-corrected chi connectivity index (χ4v) is 23.9. The number of halogens is 3. The van der Waals surface area contributed by atoms with E-state index in [1.165, 1.54) is 0 Å². The predicted molar refractivity (Wildman–Crippen MR) is 166 cm³/mol. The zero-order valence-corrected chi connectivity index (χ0v) is 28.0. The van der Waals surface area contributed by atoms with E-state index in [1.807, 2.05) is 0 Å². The van der Waals surface area contributed by atoms with E-state index in [4.69, 9.17) is 8.88 Å². The molecule has 0 aromatic carbocycles. The predicted octanol–water partition coefficient (Wildman–Crippen LogP) is 6.60. The van der Waals surface area contributed by atoms with Gasteiger partial charge in [-0.25, -0.2) is 0 Å². The molecule has 0 aliphatic carbocycles. The van der Waals surface area contributed by atoms with Crippen molar-refractivity contribution in [1.29, 1.82) is 0 Å². The van der Waals surface area contributed by atoms with E-state index in [-0.39, 0.29) is 0 Å². The number of nitrogens with zero attached hydrogens (tertiary/aromatic N) is 6. The van der Waals surface area contributed by atoms with Crippen molar-refractivity contribution in [3.63, 3.8) is 0 Å². The van der Waals surface area contributed by atoms with Crippen LogP contribution in [0.15, 0.2) is 0 Å². The molecular weight excluding hydrogens is 656 g/mol. The van der Waals surface area contributed by atoms with Crippen LogP contribution in [0.4, 0.5) is 4.32 Å². The Balaban J connectivity index is 1.40. The number of hydrogen-bond donors (Lipinski definition) is 0. The Labute approximate surface area is 246 Å². The molecule has 0 radical (unpaired) electrons. The average molecular weight is 704 g/mol. The van der Waals surface area contributed by atoms with Crippen molar-refractivity contribution < 1.29 is 13.2 Å². The minimum atomic E-state index is -3.57. The Morgan fingerprint density at radius 3 is 0.711 bits per heavy atom. The first-order valence-electron chi connectivity index (χ1n) is 15.4. The first-order chi connectivity index (χ1) is 18.4. The molecule has 0 unspecified atom stereocenters. The van der Waals surface area contributed by atoms with E-state index in [0.717, 1.165) is 156 Å². The van der Waals surface area contributed by atoms with Gasteiger partial charge in [0.1, 0.15) is 0 Å². The number of rotatable bonds is 10. The van der Waals surface area contributed by atoms with E-state index in [0.29, 0.717) is 0 Å². The van der Waals surface area contributed by atoms with Gasteiger partial charge in [0.05, 0.1) is 0 Å². The van der Waals surface area contributed by atoms with Gasteiger partial charge in [-0.1, -0.05) is 0 Å². The summed E-state index contributed by atoms with van der Waals surface area (Å²) in [7, 11) is -1.83. The molecule has 6 rings (SSSR count). The van der Waals surface area contributed by atoms with Gasteiger partial charge < -0.3 is 0 Å². The average Bonchev–Trinajstić information content (AvgIpc) is 3.81. The molecule has 6 fully saturated rings. The second-order valence-corrected chi connectivity index (χ2v) is 26.6. The van der Waals surface area contributed by atoms with E-state index in [2.05, 4.69) is 59.0 Å². The molecule has 6 saturated heterocycles. The molecule has 0 bridgehead atoms. The third-order valence-corrected chi connectivity index (χ3v) is 28.1. The van der Waals surface area contributed by atoms with E-state index >= 15 is 4.32 Å². The molecule has 0 amide bonds. The standard InChI is InChI=1S/C24H48BBr2FN6O2P2/c26-37(29-13-1-2-14-29,30-15-3-4-16-30,31-17-5-6-18-31)35-25(28)36-38(27,32-19-7-8-20-32,33-21-9-10-22-33)34-23-11-12-24-34/h1-24H2. The second kappa shape index (κ2) is 11.5. The van der Waals surface area contributed by atoms with Crippen LogP contribution < -0.4 is 0 Å². The molecule has 6 heterocycles. The summed E-state index contributed by atoms with van der Waals surface area (Å²) in [5.41, 5.74) is 0. The Bertz CT molecular complexity index is 684. The molecule has 0 N–H and O–H groups in total. The maximum absolute atomic E-state index is 17.2. The van der Waals surface area contributed by atoms with Crippen molar-refractivity contribution >= 4 is 50.3 Å². The summed E-state index contributed by atoms with van der Waals surface area (Å²) in [5.74, 6) is -7.15. The molecule has 6 aliphatic heterocycles. The summed E-state index contributed by atoms with van der Waals surface area (Å²) in [5, 5.41) is 0. The molecule has 0 atom stereocenters. The van der Waals surface area contributed by atoms with Gasteiger partial charge >= 0.3 is 247 Å². The van der Waals surface area contributed by atoms with Crippen molar-refractivity contribution in [3.05, 3.63) is 0 Å². The SMILES string of the molecule is FB(OP(Br)(N1CCCC1)(N1CCCC1)N1CCCC1)OP(Br)(N1CCCC1)(N1CCCC1)N1CCCC1. The Morgan fingerprint density at radius 1 is 0.395 bits per heavy atom. The third kappa shape index (κ3) is 4.66. The van der Waals surface area contributed by atoms with Crippen LogP contribution >= 0.6 is 42.9 Å². The minimum absolute atomic E-state index is 0.949. The van der Waals surface area contributed by atoms with Crippen molar-refractivity contribution in [2.24, 2.45) is 0 Å². The normalized spacial score (nSPS) is 30.3. The second-order valence-electron chi connectivity index (χ2n) is 12.1. The molecule has 38 heavy (non-hydrogen) atoms. The quantitative estimate of drug-likeness (QED) is 0.186. The van der Waals surface area contributed by atoms with Crippen LogP contribution in [0, 0.1) is 0 Å². The molecule has 220 valence electrons. The van der Waals surface area contributed by atoms with Crippen LogP contribution in [-0.2, 0) is 8.88 Å². The zero-order valence-electron chi connectivity index (χ0n) is 23.1. The summed E-state index contributed by atoms with van der Waals surface area (Å²) in [6, 6.07) is 0. The fraction of sp³-hybridized carbons (Fsp3) is 1.00. The van der Waals surface area contributed by atoms with Crippen LogP contribution in [0.2, 0.25) is 0 Å². The van der Waals surface area contributed by atoms with Gasteiger partial charge in [0.25, 0.3) is 0 Å². The Morgan fingerprint density at radius 2 is 0.553 bits per heavy atom. The van der Waals surface area contributed by atoms with Crippen molar-refractivity contribution in [2.45, 2.75) is 77.0 Å².